The van der Waals surface area contributed by atoms with Gasteiger partial charge in [-0.15, -0.1) is 0 Å². The molecule has 2 aromatic rings. The molecule has 0 aliphatic heterocycles. The predicted octanol–water partition coefficient (Wildman–Crippen LogP) is 2.61. The summed E-state index contributed by atoms with van der Waals surface area (Å²) in [6, 6.07) is 12.4. The molecule has 28 heavy (non-hydrogen) atoms. The third-order valence-electron chi connectivity index (χ3n) is 4.26. The first-order valence-corrected chi connectivity index (χ1v) is 8.94. The van der Waals surface area contributed by atoms with Crippen LogP contribution < -0.4 is 16.0 Å². The Labute approximate surface area is 163 Å². The number of aryl methyl sites for hydroxylation is 1. The molecule has 7 heteroatoms. The van der Waals surface area contributed by atoms with E-state index in [-0.39, 0.29) is 31.2 Å². The number of primary amides is 1. The molecule has 1 atom stereocenters. The number of carbonyl (C=O) groups excluding carboxylic acids is 3. The number of amides is 3. The smallest absolute Gasteiger partial charge is 0.229 e. The minimum absolute atomic E-state index is 0.0151. The van der Waals surface area contributed by atoms with Crippen molar-refractivity contribution < 1.29 is 18.8 Å². The van der Waals surface area contributed by atoms with Crippen LogP contribution in [0.5, 0.6) is 0 Å². The zero-order chi connectivity index (χ0) is 20.7. The van der Waals surface area contributed by atoms with E-state index < -0.39 is 17.8 Å². The lowest BCUT2D eigenvalue weighted by atomic mass is 10.0. The molecule has 0 aliphatic carbocycles. The minimum atomic E-state index is -0.545. The molecule has 6 nitrogen and oxygen atoms in total. The lowest BCUT2D eigenvalue weighted by Crippen LogP contribution is -2.37. The Kier molecular flexibility index (Phi) is 7.26. The summed E-state index contributed by atoms with van der Waals surface area (Å²) in [5, 5.41) is 2.79. The van der Waals surface area contributed by atoms with Crippen molar-refractivity contribution in [2.24, 2.45) is 5.73 Å². The van der Waals surface area contributed by atoms with Crippen LogP contribution in [0, 0.1) is 12.7 Å². The van der Waals surface area contributed by atoms with Gasteiger partial charge in [-0.3, -0.25) is 14.4 Å². The first-order chi connectivity index (χ1) is 13.3. The molecule has 148 valence electrons. The fraction of sp³-hybridized carbons (Fsp3) is 0.286. The highest BCUT2D eigenvalue weighted by molar-refractivity contribution is 5.94. The van der Waals surface area contributed by atoms with Gasteiger partial charge in [0.2, 0.25) is 17.7 Å². The standard InChI is InChI=1S/C21H24FN3O3/c1-14-3-5-16(6-4-14)19(24-15(2)26)13-21(28)25(12-11-20(23)27)18-9-7-17(22)8-10-18/h3-10,19H,11-13H2,1-2H3,(H2,23,27)(H,24,26). The lowest BCUT2D eigenvalue weighted by Gasteiger charge is -2.26. The van der Waals surface area contributed by atoms with Crippen LogP contribution in [0.4, 0.5) is 10.1 Å². The maximum absolute atomic E-state index is 13.2. The third-order valence-corrected chi connectivity index (χ3v) is 4.26. The first-order valence-electron chi connectivity index (χ1n) is 8.94. The Morgan fingerprint density at radius 2 is 1.68 bits per heavy atom. The zero-order valence-electron chi connectivity index (χ0n) is 15.9. The zero-order valence-corrected chi connectivity index (χ0v) is 15.9. The normalized spacial score (nSPS) is 11.5. The van der Waals surface area contributed by atoms with Crippen LogP contribution in [-0.4, -0.2) is 24.3 Å². The Morgan fingerprint density at radius 1 is 1.07 bits per heavy atom. The highest BCUT2D eigenvalue weighted by Crippen LogP contribution is 2.22. The minimum Gasteiger partial charge on any atom is -0.370 e. The van der Waals surface area contributed by atoms with E-state index in [9.17, 15) is 18.8 Å². The maximum Gasteiger partial charge on any atom is 0.229 e. The van der Waals surface area contributed by atoms with Gasteiger partial charge in [-0.25, -0.2) is 4.39 Å². The molecule has 2 aromatic carbocycles. The Morgan fingerprint density at radius 3 is 2.21 bits per heavy atom. The maximum atomic E-state index is 13.2. The van der Waals surface area contributed by atoms with Crippen LogP contribution in [0.3, 0.4) is 0 Å². The Balaban J connectivity index is 2.26. The molecular formula is C21H24FN3O3. The molecule has 0 aliphatic rings. The van der Waals surface area contributed by atoms with Crippen LogP contribution >= 0.6 is 0 Å². The topological polar surface area (TPSA) is 92.5 Å². The second kappa shape index (κ2) is 9.64. The number of carbonyl (C=O) groups is 3. The van der Waals surface area contributed by atoms with Crippen molar-refractivity contribution in [1.82, 2.24) is 5.32 Å². The fourth-order valence-electron chi connectivity index (χ4n) is 2.82. The molecule has 0 spiro atoms. The largest absolute Gasteiger partial charge is 0.370 e. The van der Waals surface area contributed by atoms with E-state index >= 15 is 0 Å². The van der Waals surface area contributed by atoms with E-state index in [0.717, 1.165) is 11.1 Å². The highest BCUT2D eigenvalue weighted by atomic mass is 19.1. The van der Waals surface area contributed by atoms with E-state index in [1.165, 1.54) is 36.1 Å². The van der Waals surface area contributed by atoms with Gasteiger partial charge in [0.25, 0.3) is 0 Å². The van der Waals surface area contributed by atoms with Crippen LogP contribution in [0.15, 0.2) is 48.5 Å². The number of anilines is 1. The van der Waals surface area contributed by atoms with E-state index in [0.29, 0.717) is 5.69 Å². The van der Waals surface area contributed by atoms with Crippen LogP contribution in [0.1, 0.15) is 36.9 Å². The van der Waals surface area contributed by atoms with E-state index in [1.54, 1.807) is 0 Å². The Bertz CT molecular complexity index is 835. The first kappa shape index (κ1) is 21.1. The van der Waals surface area contributed by atoms with Crippen molar-refractivity contribution in [3.63, 3.8) is 0 Å². The van der Waals surface area contributed by atoms with Gasteiger partial charge in [-0.2, -0.15) is 0 Å². The van der Waals surface area contributed by atoms with Gasteiger partial charge < -0.3 is 16.0 Å². The summed E-state index contributed by atoms with van der Waals surface area (Å²) in [5.41, 5.74) is 7.53. The van der Waals surface area contributed by atoms with Gasteiger partial charge in [-0.05, 0) is 36.8 Å². The molecule has 0 aromatic heterocycles. The van der Waals surface area contributed by atoms with Crippen LogP contribution in [0.25, 0.3) is 0 Å². The van der Waals surface area contributed by atoms with Gasteiger partial charge in [0, 0.05) is 25.6 Å². The summed E-state index contributed by atoms with van der Waals surface area (Å²) in [5.74, 6) is -1.55. The molecule has 0 fully saturated rings. The number of nitrogens with zero attached hydrogens (tertiary/aromatic N) is 1. The SMILES string of the molecule is CC(=O)NC(CC(=O)N(CCC(N)=O)c1ccc(F)cc1)c1ccc(C)cc1. The number of nitrogens with two attached hydrogens (primary N) is 1. The monoisotopic (exact) mass is 385 g/mol. The molecule has 2 rings (SSSR count). The predicted molar refractivity (Wildman–Crippen MR) is 105 cm³/mol. The second-order valence-corrected chi connectivity index (χ2v) is 6.61. The van der Waals surface area contributed by atoms with Gasteiger partial charge in [0.1, 0.15) is 5.82 Å². The summed E-state index contributed by atoms with van der Waals surface area (Å²) >= 11 is 0. The molecule has 0 saturated carbocycles. The van der Waals surface area contributed by atoms with Crippen molar-refractivity contribution in [2.45, 2.75) is 32.7 Å². The number of halogens is 1. The van der Waals surface area contributed by atoms with Gasteiger partial charge >= 0.3 is 0 Å². The van der Waals surface area contributed by atoms with Crippen molar-refractivity contribution in [3.8, 4) is 0 Å². The summed E-state index contributed by atoms with van der Waals surface area (Å²) in [4.78, 5) is 37.2. The highest BCUT2D eigenvalue weighted by Gasteiger charge is 2.23. The van der Waals surface area contributed by atoms with Gasteiger partial charge in [0.15, 0.2) is 0 Å². The van der Waals surface area contributed by atoms with Gasteiger partial charge in [0.05, 0.1) is 12.5 Å². The van der Waals surface area contributed by atoms with E-state index in [2.05, 4.69) is 5.32 Å². The Hall–Kier alpha value is -3.22. The number of hydrogen-bond acceptors (Lipinski definition) is 3. The van der Waals surface area contributed by atoms with Crippen LogP contribution in [-0.2, 0) is 14.4 Å². The summed E-state index contributed by atoms with van der Waals surface area (Å²) in [6.07, 6.45) is -0.0444. The number of hydrogen-bond donors (Lipinski definition) is 2. The fourth-order valence-corrected chi connectivity index (χ4v) is 2.82. The van der Waals surface area contributed by atoms with Crippen LogP contribution in [0.2, 0.25) is 0 Å². The molecule has 3 amide bonds. The number of nitrogens with one attached hydrogen (secondary N) is 1. The molecular weight excluding hydrogens is 361 g/mol. The van der Waals surface area contributed by atoms with Crippen molar-refractivity contribution in [1.29, 1.82) is 0 Å². The third kappa shape index (κ3) is 6.19. The van der Waals surface area contributed by atoms with Crippen molar-refractivity contribution in [2.75, 3.05) is 11.4 Å². The average Bonchev–Trinajstić information content (AvgIpc) is 2.63. The second-order valence-electron chi connectivity index (χ2n) is 6.61. The van der Waals surface area contributed by atoms with Crippen molar-refractivity contribution in [3.05, 3.63) is 65.5 Å². The molecule has 3 N–H and O–H groups in total. The van der Waals surface area contributed by atoms with E-state index in [1.807, 2.05) is 31.2 Å². The lowest BCUT2D eigenvalue weighted by molar-refractivity contribution is -0.121. The number of rotatable bonds is 8. The molecule has 0 bridgehead atoms. The molecule has 0 radical (unpaired) electrons. The summed E-state index contributed by atoms with van der Waals surface area (Å²) in [7, 11) is 0. The summed E-state index contributed by atoms with van der Waals surface area (Å²) in [6.45, 7) is 3.40. The van der Waals surface area contributed by atoms with E-state index in [4.69, 9.17) is 5.73 Å². The summed E-state index contributed by atoms with van der Waals surface area (Å²) < 4.78 is 13.2. The molecule has 1 unspecified atom stereocenters. The van der Waals surface area contributed by atoms with Gasteiger partial charge in [-0.1, -0.05) is 29.8 Å². The molecule has 0 heterocycles. The number of benzene rings is 2. The average molecular weight is 385 g/mol. The van der Waals surface area contributed by atoms with Crippen molar-refractivity contribution >= 4 is 23.4 Å². The molecule has 0 saturated heterocycles. The quantitative estimate of drug-likeness (QED) is 0.732.